The molecule has 96 valence electrons. The first-order chi connectivity index (χ1) is 7.88. The zero-order chi connectivity index (χ0) is 11.6. The SMILES string of the molecule is CCCCCCCCCC1OC1CCCC. The van der Waals surface area contributed by atoms with E-state index in [1.54, 1.807) is 0 Å². The minimum Gasteiger partial charge on any atom is -0.370 e. The first-order valence-corrected chi connectivity index (χ1v) is 7.54. The van der Waals surface area contributed by atoms with Crippen LogP contribution in [-0.4, -0.2) is 12.2 Å². The van der Waals surface area contributed by atoms with Gasteiger partial charge in [0, 0.05) is 0 Å². The summed E-state index contributed by atoms with van der Waals surface area (Å²) in [6.07, 6.45) is 16.5. The Kier molecular flexibility index (Phi) is 7.92. The Morgan fingerprint density at radius 1 is 0.625 bits per heavy atom. The molecule has 1 heteroatoms. The van der Waals surface area contributed by atoms with Crippen LogP contribution < -0.4 is 0 Å². The average Bonchev–Trinajstić information content (AvgIpc) is 3.04. The molecule has 0 aromatic rings. The lowest BCUT2D eigenvalue weighted by atomic mass is 10.1. The molecule has 0 saturated carbocycles. The van der Waals surface area contributed by atoms with E-state index in [2.05, 4.69) is 13.8 Å². The van der Waals surface area contributed by atoms with Crippen molar-refractivity contribution in [2.45, 2.75) is 96.7 Å². The Hall–Kier alpha value is -0.0400. The fraction of sp³-hybridized carbons (Fsp3) is 1.00. The molecule has 0 N–H and O–H groups in total. The molecule has 1 heterocycles. The van der Waals surface area contributed by atoms with E-state index in [0.29, 0.717) is 12.2 Å². The molecule has 1 saturated heterocycles. The summed E-state index contributed by atoms with van der Waals surface area (Å²) < 4.78 is 5.66. The summed E-state index contributed by atoms with van der Waals surface area (Å²) in [5.41, 5.74) is 0. The number of rotatable bonds is 11. The van der Waals surface area contributed by atoms with Crippen molar-refractivity contribution in [3.63, 3.8) is 0 Å². The standard InChI is InChI=1S/C15H30O/c1-3-5-7-8-9-10-11-13-15-14(16-15)12-6-4-2/h14-15H,3-13H2,1-2H3. The Morgan fingerprint density at radius 2 is 1.12 bits per heavy atom. The van der Waals surface area contributed by atoms with E-state index in [-0.39, 0.29) is 0 Å². The van der Waals surface area contributed by atoms with Crippen molar-refractivity contribution in [3.05, 3.63) is 0 Å². The van der Waals surface area contributed by atoms with Crippen LogP contribution >= 0.6 is 0 Å². The smallest absolute Gasteiger partial charge is 0.0841 e. The second-order valence-electron chi connectivity index (χ2n) is 5.27. The second-order valence-corrected chi connectivity index (χ2v) is 5.27. The topological polar surface area (TPSA) is 12.5 Å². The van der Waals surface area contributed by atoms with E-state index in [1.807, 2.05) is 0 Å². The Labute approximate surface area is 102 Å². The molecule has 1 aliphatic heterocycles. The number of ether oxygens (including phenoxy) is 1. The largest absolute Gasteiger partial charge is 0.370 e. The maximum atomic E-state index is 5.66. The van der Waals surface area contributed by atoms with Crippen molar-refractivity contribution < 1.29 is 4.74 Å². The van der Waals surface area contributed by atoms with Gasteiger partial charge in [0.05, 0.1) is 12.2 Å². The highest BCUT2D eigenvalue weighted by molar-refractivity contribution is 4.84. The highest BCUT2D eigenvalue weighted by atomic mass is 16.6. The third-order valence-electron chi connectivity index (χ3n) is 3.62. The molecule has 0 radical (unpaired) electrons. The fourth-order valence-corrected chi connectivity index (χ4v) is 2.39. The van der Waals surface area contributed by atoms with Gasteiger partial charge in [0.2, 0.25) is 0 Å². The van der Waals surface area contributed by atoms with Crippen LogP contribution in [0.25, 0.3) is 0 Å². The highest BCUT2D eigenvalue weighted by Crippen LogP contribution is 2.31. The molecule has 0 aromatic heterocycles. The van der Waals surface area contributed by atoms with Crippen LogP contribution in [0, 0.1) is 0 Å². The second kappa shape index (κ2) is 9.04. The molecule has 0 amide bonds. The van der Waals surface area contributed by atoms with Crippen LogP contribution in [0.15, 0.2) is 0 Å². The van der Waals surface area contributed by atoms with Crippen LogP contribution in [0.2, 0.25) is 0 Å². The lowest BCUT2D eigenvalue weighted by Crippen LogP contribution is -1.94. The van der Waals surface area contributed by atoms with Crippen molar-refractivity contribution in [1.82, 2.24) is 0 Å². The first kappa shape index (κ1) is 14.0. The first-order valence-electron chi connectivity index (χ1n) is 7.54. The summed E-state index contributed by atoms with van der Waals surface area (Å²) in [4.78, 5) is 0. The van der Waals surface area contributed by atoms with Gasteiger partial charge in [0.25, 0.3) is 0 Å². The Bertz CT molecular complexity index is 156. The summed E-state index contributed by atoms with van der Waals surface area (Å²) in [7, 11) is 0. The number of hydrogen-bond acceptors (Lipinski definition) is 1. The fourth-order valence-electron chi connectivity index (χ4n) is 2.39. The number of epoxide rings is 1. The van der Waals surface area contributed by atoms with Crippen molar-refractivity contribution in [2.24, 2.45) is 0 Å². The summed E-state index contributed by atoms with van der Waals surface area (Å²) in [6, 6.07) is 0. The van der Waals surface area contributed by atoms with Crippen molar-refractivity contribution in [1.29, 1.82) is 0 Å². The Morgan fingerprint density at radius 3 is 1.75 bits per heavy atom. The normalized spacial score (nSPS) is 23.6. The van der Waals surface area contributed by atoms with Crippen molar-refractivity contribution in [3.8, 4) is 0 Å². The van der Waals surface area contributed by atoms with Gasteiger partial charge in [0.1, 0.15) is 0 Å². The highest BCUT2D eigenvalue weighted by Gasteiger charge is 2.36. The van der Waals surface area contributed by atoms with Crippen LogP contribution in [0.5, 0.6) is 0 Å². The van der Waals surface area contributed by atoms with E-state index in [4.69, 9.17) is 4.74 Å². The molecular formula is C15H30O. The van der Waals surface area contributed by atoms with Crippen LogP contribution in [0.1, 0.15) is 84.5 Å². The summed E-state index contributed by atoms with van der Waals surface area (Å²) in [5.74, 6) is 0. The molecule has 1 aliphatic rings. The molecule has 16 heavy (non-hydrogen) atoms. The predicted molar refractivity (Wildman–Crippen MR) is 70.8 cm³/mol. The third kappa shape index (κ3) is 6.52. The third-order valence-corrected chi connectivity index (χ3v) is 3.62. The lowest BCUT2D eigenvalue weighted by molar-refractivity contribution is 0.349. The maximum Gasteiger partial charge on any atom is 0.0841 e. The lowest BCUT2D eigenvalue weighted by Gasteiger charge is -1.99. The molecule has 0 bridgehead atoms. The summed E-state index contributed by atoms with van der Waals surface area (Å²) in [5, 5.41) is 0. The van der Waals surface area contributed by atoms with Crippen LogP contribution in [-0.2, 0) is 4.74 Å². The quantitative estimate of drug-likeness (QED) is 0.353. The van der Waals surface area contributed by atoms with E-state index in [0.717, 1.165) is 0 Å². The van der Waals surface area contributed by atoms with Gasteiger partial charge in [-0.2, -0.15) is 0 Å². The zero-order valence-electron chi connectivity index (χ0n) is 11.3. The van der Waals surface area contributed by atoms with Gasteiger partial charge >= 0.3 is 0 Å². The van der Waals surface area contributed by atoms with E-state index < -0.39 is 0 Å². The van der Waals surface area contributed by atoms with E-state index in [9.17, 15) is 0 Å². The van der Waals surface area contributed by atoms with Gasteiger partial charge in [0.15, 0.2) is 0 Å². The molecule has 2 atom stereocenters. The summed E-state index contributed by atoms with van der Waals surface area (Å²) >= 11 is 0. The van der Waals surface area contributed by atoms with Gasteiger partial charge in [-0.15, -0.1) is 0 Å². The van der Waals surface area contributed by atoms with Gasteiger partial charge in [-0.25, -0.2) is 0 Å². The van der Waals surface area contributed by atoms with Gasteiger partial charge in [-0.1, -0.05) is 71.6 Å². The molecule has 0 spiro atoms. The minimum atomic E-state index is 0.639. The monoisotopic (exact) mass is 226 g/mol. The molecule has 2 unspecified atom stereocenters. The summed E-state index contributed by atoms with van der Waals surface area (Å²) in [6.45, 7) is 4.54. The average molecular weight is 226 g/mol. The number of unbranched alkanes of at least 4 members (excludes halogenated alkanes) is 7. The Balaban J connectivity index is 1.76. The zero-order valence-corrected chi connectivity index (χ0v) is 11.3. The number of hydrogen-bond donors (Lipinski definition) is 0. The molecule has 0 aromatic carbocycles. The minimum absolute atomic E-state index is 0.639. The molecule has 1 fully saturated rings. The van der Waals surface area contributed by atoms with Gasteiger partial charge in [-0.3, -0.25) is 0 Å². The van der Waals surface area contributed by atoms with Crippen LogP contribution in [0.3, 0.4) is 0 Å². The van der Waals surface area contributed by atoms with E-state index in [1.165, 1.54) is 70.6 Å². The molecule has 0 aliphatic carbocycles. The molecular weight excluding hydrogens is 196 g/mol. The maximum absolute atomic E-state index is 5.66. The van der Waals surface area contributed by atoms with Gasteiger partial charge in [-0.05, 0) is 12.8 Å². The van der Waals surface area contributed by atoms with Crippen molar-refractivity contribution in [2.75, 3.05) is 0 Å². The predicted octanol–water partition coefficient (Wildman–Crippen LogP) is 5.08. The van der Waals surface area contributed by atoms with Crippen LogP contribution in [0.4, 0.5) is 0 Å². The van der Waals surface area contributed by atoms with E-state index >= 15 is 0 Å². The van der Waals surface area contributed by atoms with Crippen molar-refractivity contribution >= 4 is 0 Å². The van der Waals surface area contributed by atoms with Gasteiger partial charge < -0.3 is 4.74 Å². The molecule has 1 nitrogen and oxygen atoms in total. The molecule has 1 rings (SSSR count).